The minimum atomic E-state index is -3.48. The van der Waals surface area contributed by atoms with Crippen molar-refractivity contribution in [1.29, 1.82) is 0 Å². The molecule has 0 aliphatic carbocycles. The minimum Gasteiger partial charge on any atom is -0.497 e. The molecule has 1 heterocycles. The monoisotopic (exact) mass is 401 g/mol. The Hall–Kier alpha value is -1.42. The normalized spacial score (nSPS) is 15.9. The van der Waals surface area contributed by atoms with Crippen molar-refractivity contribution >= 4 is 27.4 Å². The zero-order valence-electron chi connectivity index (χ0n) is 15.7. The number of rotatable bonds is 7. The van der Waals surface area contributed by atoms with E-state index in [1.807, 2.05) is 4.90 Å². The van der Waals surface area contributed by atoms with Gasteiger partial charge in [0.15, 0.2) is 5.11 Å². The van der Waals surface area contributed by atoms with Crippen LogP contribution in [0.4, 0.5) is 0 Å². The van der Waals surface area contributed by atoms with Gasteiger partial charge >= 0.3 is 0 Å². The number of benzene rings is 1. The zero-order valence-corrected chi connectivity index (χ0v) is 17.3. The van der Waals surface area contributed by atoms with Crippen LogP contribution >= 0.6 is 12.2 Å². The van der Waals surface area contributed by atoms with Crippen molar-refractivity contribution in [3.63, 3.8) is 0 Å². The van der Waals surface area contributed by atoms with Gasteiger partial charge in [-0.2, -0.15) is 4.31 Å². The molecular formula is C17H29N4O3S2+. The molecule has 0 saturated carbocycles. The van der Waals surface area contributed by atoms with E-state index in [0.717, 1.165) is 19.5 Å². The van der Waals surface area contributed by atoms with Gasteiger partial charge in [0.25, 0.3) is 0 Å². The Morgan fingerprint density at radius 3 is 2.35 bits per heavy atom. The molecule has 1 aliphatic rings. The third-order valence-electron chi connectivity index (χ3n) is 4.35. The van der Waals surface area contributed by atoms with Gasteiger partial charge in [-0.15, -0.1) is 0 Å². The van der Waals surface area contributed by atoms with Crippen molar-refractivity contribution < 1.29 is 18.1 Å². The molecule has 0 atom stereocenters. The highest BCUT2D eigenvalue weighted by molar-refractivity contribution is 7.89. The highest BCUT2D eigenvalue weighted by Crippen LogP contribution is 2.20. The first-order valence-corrected chi connectivity index (χ1v) is 10.7. The van der Waals surface area contributed by atoms with Gasteiger partial charge in [-0.1, -0.05) is 0 Å². The van der Waals surface area contributed by atoms with Crippen LogP contribution in [0.15, 0.2) is 29.2 Å². The second-order valence-electron chi connectivity index (χ2n) is 6.61. The van der Waals surface area contributed by atoms with Crippen molar-refractivity contribution in [3.8, 4) is 5.75 Å². The van der Waals surface area contributed by atoms with E-state index >= 15 is 0 Å². The number of methoxy groups -OCH3 is 1. The maximum atomic E-state index is 12.8. The van der Waals surface area contributed by atoms with Gasteiger partial charge in [0.1, 0.15) is 5.75 Å². The van der Waals surface area contributed by atoms with Gasteiger partial charge in [-0.3, -0.25) is 0 Å². The number of quaternary nitrogens is 1. The van der Waals surface area contributed by atoms with E-state index in [2.05, 4.69) is 19.4 Å². The second-order valence-corrected chi connectivity index (χ2v) is 8.93. The Morgan fingerprint density at radius 1 is 1.19 bits per heavy atom. The lowest BCUT2D eigenvalue weighted by Crippen LogP contribution is -3.05. The van der Waals surface area contributed by atoms with E-state index in [0.29, 0.717) is 41.9 Å². The van der Waals surface area contributed by atoms with E-state index < -0.39 is 10.0 Å². The number of hydrogen-bond acceptors (Lipinski definition) is 4. The molecule has 1 aromatic rings. The number of nitrogens with zero attached hydrogens (tertiary/aromatic N) is 2. The Bertz CT molecular complexity index is 684. The van der Waals surface area contributed by atoms with Crippen LogP contribution in [-0.4, -0.2) is 83.2 Å². The Kier molecular flexibility index (Phi) is 7.63. The fourth-order valence-electron chi connectivity index (χ4n) is 2.78. The molecule has 0 bridgehead atoms. The van der Waals surface area contributed by atoms with Crippen LogP contribution in [0.2, 0.25) is 0 Å². The van der Waals surface area contributed by atoms with Crippen molar-refractivity contribution in [2.45, 2.75) is 11.3 Å². The molecule has 146 valence electrons. The zero-order chi connectivity index (χ0) is 19.2. The molecule has 7 nitrogen and oxygen atoms in total. The fraction of sp³-hybridized carbons (Fsp3) is 0.588. The summed E-state index contributed by atoms with van der Waals surface area (Å²) >= 11 is 5.43. The van der Waals surface area contributed by atoms with Crippen LogP contribution in [0, 0.1) is 0 Å². The lowest BCUT2D eigenvalue weighted by molar-refractivity contribution is -0.858. The van der Waals surface area contributed by atoms with Crippen LogP contribution in [0.5, 0.6) is 5.75 Å². The molecule has 1 saturated heterocycles. The second kappa shape index (κ2) is 9.50. The molecule has 1 fully saturated rings. The molecule has 0 unspecified atom stereocenters. The summed E-state index contributed by atoms with van der Waals surface area (Å²) in [6.07, 6.45) is 1.05. The van der Waals surface area contributed by atoms with Gasteiger partial charge in [0.2, 0.25) is 10.0 Å². The molecule has 0 amide bonds. The summed E-state index contributed by atoms with van der Waals surface area (Å²) in [5.74, 6) is 0.640. The maximum absolute atomic E-state index is 12.8. The molecule has 1 aromatic carbocycles. The van der Waals surface area contributed by atoms with Gasteiger partial charge in [0.05, 0.1) is 32.6 Å². The van der Waals surface area contributed by atoms with Crippen LogP contribution in [-0.2, 0) is 10.0 Å². The standard InChI is InChI=1S/C17H28N4O3S2/c1-19(2)10-4-9-18-17(25)20-11-13-21(14-12-20)26(22,23)16-7-5-15(24-3)6-8-16/h5-8H,4,9-14H2,1-3H3,(H,18,25)/p+1. The average Bonchev–Trinajstić information content (AvgIpc) is 2.65. The number of piperazine rings is 1. The Balaban J connectivity index is 1.85. The highest BCUT2D eigenvalue weighted by Gasteiger charge is 2.29. The number of ether oxygens (including phenoxy) is 1. The Labute approximate surface area is 162 Å². The van der Waals surface area contributed by atoms with Gasteiger partial charge < -0.3 is 19.9 Å². The molecule has 26 heavy (non-hydrogen) atoms. The summed E-state index contributed by atoms with van der Waals surface area (Å²) in [6, 6.07) is 6.49. The summed E-state index contributed by atoms with van der Waals surface area (Å²) in [7, 11) is 2.33. The van der Waals surface area contributed by atoms with E-state index in [1.165, 1.54) is 9.21 Å². The fourth-order valence-corrected chi connectivity index (χ4v) is 4.48. The summed E-state index contributed by atoms with van der Waals surface area (Å²) in [5.41, 5.74) is 0. The van der Waals surface area contributed by atoms with Gasteiger partial charge in [-0.05, 0) is 36.5 Å². The third kappa shape index (κ3) is 5.54. The van der Waals surface area contributed by atoms with Crippen molar-refractivity contribution in [2.75, 3.05) is 60.5 Å². The first-order valence-electron chi connectivity index (χ1n) is 8.80. The van der Waals surface area contributed by atoms with E-state index in [4.69, 9.17) is 17.0 Å². The smallest absolute Gasteiger partial charge is 0.243 e. The topological polar surface area (TPSA) is 66.3 Å². The highest BCUT2D eigenvalue weighted by atomic mass is 32.2. The quantitative estimate of drug-likeness (QED) is 0.470. The summed E-state index contributed by atoms with van der Waals surface area (Å²) in [5, 5.41) is 3.98. The van der Waals surface area contributed by atoms with Crippen LogP contribution in [0.25, 0.3) is 0 Å². The van der Waals surface area contributed by atoms with E-state index in [1.54, 1.807) is 31.4 Å². The molecule has 0 radical (unpaired) electrons. The molecule has 9 heteroatoms. The molecule has 0 aromatic heterocycles. The summed E-state index contributed by atoms with van der Waals surface area (Å²) in [4.78, 5) is 3.74. The number of thiocarbonyl (C=S) groups is 1. The number of sulfonamides is 1. The molecule has 1 aliphatic heterocycles. The molecular weight excluding hydrogens is 372 g/mol. The molecule has 2 rings (SSSR count). The van der Waals surface area contributed by atoms with Crippen molar-refractivity contribution in [1.82, 2.24) is 14.5 Å². The van der Waals surface area contributed by atoms with Crippen LogP contribution in [0.3, 0.4) is 0 Å². The lowest BCUT2D eigenvalue weighted by atomic mass is 10.3. The first-order chi connectivity index (χ1) is 12.3. The van der Waals surface area contributed by atoms with Crippen molar-refractivity contribution in [3.05, 3.63) is 24.3 Å². The minimum absolute atomic E-state index is 0.290. The number of nitrogens with one attached hydrogen (secondary N) is 2. The SMILES string of the molecule is COc1ccc(S(=O)(=O)N2CCN(C(=S)NCCC[NH+](C)C)CC2)cc1. The summed E-state index contributed by atoms with van der Waals surface area (Å²) in [6.45, 7) is 3.98. The van der Waals surface area contributed by atoms with E-state index in [9.17, 15) is 8.42 Å². The number of hydrogen-bond donors (Lipinski definition) is 2. The maximum Gasteiger partial charge on any atom is 0.243 e. The third-order valence-corrected chi connectivity index (χ3v) is 6.67. The molecule has 2 N–H and O–H groups in total. The summed E-state index contributed by atoms with van der Waals surface area (Å²) < 4.78 is 32.1. The average molecular weight is 402 g/mol. The van der Waals surface area contributed by atoms with Crippen LogP contribution < -0.4 is 15.0 Å². The predicted octanol–water partition coefficient (Wildman–Crippen LogP) is -0.589. The molecule has 0 spiro atoms. The van der Waals surface area contributed by atoms with Crippen LogP contribution in [0.1, 0.15) is 6.42 Å². The van der Waals surface area contributed by atoms with Gasteiger partial charge in [0, 0.05) is 39.1 Å². The first kappa shape index (κ1) is 20.9. The Morgan fingerprint density at radius 2 is 1.81 bits per heavy atom. The van der Waals surface area contributed by atoms with Crippen molar-refractivity contribution in [2.24, 2.45) is 0 Å². The van der Waals surface area contributed by atoms with Gasteiger partial charge in [-0.25, -0.2) is 8.42 Å². The van der Waals surface area contributed by atoms with E-state index in [-0.39, 0.29) is 0 Å². The predicted molar refractivity (Wildman–Crippen MR) is 106 cm³/mol. The largest absolute Gasteiger partial charge is 0.497 e. The lowest BCUT2D eigenvalue weighted by Gasteiger charge is -2.35.